The van der Waals surface area contributed by atoms with E-state index in [-0.39, 0.29) is 18.6 Å². The number of fused-ring (bicyclic) bond motifs is 1. The molecule has 1 heterocycles. The number of hydrogen-bond acceptors (Lipinski definition) is 3. The molecule has 0 radical (unpaired) electrons. The van der Waals surface area contributed by atoms with Crippen LogP contribution in [0.1, 0.15) is 18.5 Å². The summed E-state index contributed by atoms with van der Waals surface area (Å²) in [7, 11) is 0. The van der Waals surface area contributed by atoms with E-state index in [1.54, 1.807) is 30.3 Å². The maximum Gasteiger partial charge on any atom is 0.265 e. The normalized spacial score (nSPS) is 17.4. The second-order valence-corrected chi connectivity index (χ2v) is 6.10. The third kappa shape index (κ3) is 3.54. The van der Waals surface area contributed by atoms with Crippen LogP contribution in [0, 0.1) is 0 Å². The van der Waals surface area contributed by atoms with Gasteiger partial charge in [0.2, 0.25) is 6.10 Å². The Kier molecular flexibility index (Phi) is 4.64. The van der Waals surface area contributed by atoms with Gasteiger partial charge in [-0.3, -0.25) is 4.79 Å². The first kappa shape index (κ1) is 16.0. The van der Waals surface area contributed by atoms with Crippen LogP contribution in [-0.4, -0.2) is 18.6 Å². The van der Waals surface area contributed by atoms with Crippen molar-refractivity contribution >= 4 is 29.1 Å². The smallest absolute Gasteiger partial charge is 0.265 e. The number of amides is 1. The summed E-state index contributed by atoms with van der Waals surface area (Å²) in [5.41, 5.74) is 0.793. The zero-order chi connectivity index (χ0) is 16.4. The highest BCUT2D eigenvalue weighted by Crippen LogP contribution is 2.31. The van der Waals surface area contributed by atoms with Gasteiger partial charge < -0.3 is 14.8 Å². The second kappa shape index (κ2) is 6.69. The van der Waals surface area contributed by atoms with Crippen LogP contribution < -0.4 is 14.8 Å². The van der Waals surface area contributed by atoms with Gasteiger partial charge in [-0.25, -0.2) is 0 Å². The highest BCUT2D eigenvalue weighted by Gasteiger charge is 2.28. The van der Waals surface area contributed by atoms with Gasteiger partial charge in [-0.15, -0.1) is 0 Å². The topological polar surface area (TPSA) is 47.6 Å². The number of para-hydroxylation sites is 2. The largest absolute Gasteiger partial charge is 0.485 e. The monoisotopic (exact) mass is 351 g/mol. The molecule has 0 unspecified atom stereocenters. The Hall–Kier alpha value is -1.91. The number of nitrogens with one attached hydrogen (secondary N) is 1. The molecule has 0 fully saturated rings. The average molecular weight is 352 g/mol. The molecule has 2 aromatic carbocycles. The molecule has 2 atom stereocenters. The van der Waals surface area contributed by atoms with Gasteiger partial charge in [-0.1, -0.05) is 41.4 Å². The maximum atomic E-state index is 12.4. The Bertz CT molecular complexity index is 736. The van der Waals surface area contributed by atoms with Gasteiger partial charge in [-0.05, 0) is 36.8 Å². The van der Waals surface area contributed by atoms with Crippen molar-refractivity contribution in [1.29, 1.82) is 0 Å². The molecule has 0 bridgehead atoms. The molecule has 2 aromatic rings. The second-order valence-electron chi connectivity index (χ2n) is 5.26. The van der Waals surface area contributed by atoms with Gasteiger partial charge in [0.05, 0.1) is 6.04 Å². The molecule has 0 spiro atoms. The van der Waals surface area contributed by atoms with Crippen molar-refractivity contribution in [2.75, 3.05) is 6.61 Å². The van der Waals surface area contributed by atoms with E-state index in [1.165, 1.54) is 0 Å². The predicted octanol–water partition coefficient (Wildman–Crippen LogP) is 4.01. The Morgan fingerprint density at radius 2 is 1.96 bits per heavy atom. The van der Waals surface area contributed by atoms with Crippen LogP contribution in [0.5, 0.6) is 11.5 Å². The number of hydrogen-bond donors (Lipinski definition) is 1. The van der Waals surface area contributed by atoms with E-state index in [0.29, 0.717) is 21.5 Å². The number of carbonyl (C=O) groups is 1. The lowest BCUT2D eigenvalue weighted by molar-refractivity contribution is -0.131. The molecule has 0 aromatic heterocycles. The molecule has 1 aliphatic heterocycles. The van der Waals surface area contributed by atoms with Crippen molar-refractivity contribution in [3.05, 3.63) is 58.1 Å². The molecule has 0 saturated heterocycles. The zero-order valence-electron chi connectivity index (χ0n) is 12.4. The Labute approximate surface area is 144 Å². The Morgan fingerprint density at radius 3 is 2.70 bits per heavy atom. The SMILES string of the molecule is C[C@H](NC(=O)[C@@H]1COc2ccccc2O1)c1ccc(Cl)cc1Cl. The lowest BCUT2D eigenvalue weighted by atomic mass is 10.1. The fourth-order valence-corrected chi connectivity index (χ4v) is 2.96. The van der Waals surface area contributed by atoms with Crippen LogP contribution in [0.15, 0.2) is 42.5 Å². The molecule has 4 nitrogen and oxygen atoms in total. The van der Waals surface area contributed by atoms with E-state index in [1.807, 2.05) is 19.1 Å². The van der Waals surface area contributed by atoms with E-state index in [9.17, 15) is 4.79 Å². The Balaban J connectivity index is 1.68. The van der Waals surface area contributed by atoms with E-state index in [4.69, 9.17) is 32.7 Å². The van der Waals surface area contributed by atoms with Crippen molar-refractivity contribution in [2.45, 2.75) is 19.1 Å². The quantitative estimate of drug-likeness (QED) is 0.908. The Morgan fingerprint density at radius 1 is 1.22 bits per heavy atom. The number of rotatable bonds is 3. The zero-order valence-corrected chi connectivity index (χ0v) is 13.9. The summed E-state index contributed by atoms with van der Waals surface area (Å²) in [5.74, 6) is 0.958. The summed E-state index contributed by atoms with van der Waals surface area (Å²) in [5, 5.41) is 3.95. The standard InChI is InChI=1S/C17H15Cl2NO3/c1-10(12-7-6-11(18)8-13(12)19)20-17(21)16-9-22-14-4-2-3-5-15(14)23-16/h2-8,10,16H,9H2,1H3,(H,20,21)/t10-,16-/m0/s1. The van der Waals surface area contributed by atoms with Crippen LogP contribution in [0.3, 0.4) is 0 Å². The predicted molar refractivity (Wildman–Crippen MR) is 89.4 cm³/mol. The van der Waals surface area contributed by atoms with Gasteiger partial charge in [0.1, 0.15) is 6.61 Å². The first-order valence-electron chi connectivity index (χ1n) is 7.18. The number of ether oxygens (including phenoxy) is 2. The van der Waals surface area contributed by atoms with Crippen molar-refractivity contribution in [2.24, 2.45) is 0 Å². The summed E-state index contributed by atoms with van der Waals surface area (Å²) in [4.78, 5) is 12.4. The van der Waals surface area contributed by atoms with Crippen LogP contribution in [-0.2, 0) is 4.79 Å². The summed E-state index contributed by atoms with van der Waals surface area (Å²) in [6.07, 6.45) is -0.696. The average Bonchev–Trinajstić information content (AvgIpc) is 2.54. The molecule has 1 N–H and O–H groups in total. The molecule has 0 saturated carbocycles. The van der Waals surface area contributed by atoms with Crippen molar-refractivity contribution in [1.82, 2.24) is 5.32 Å². The molecule has 1 aliphatic rings. The van der Waals surface area contributed by atoms with Gasteiger partial charge in [-0.2, -0.15) is 0 Å². The van der Waals surface area contributed by atoms with E-state index in [0.717, 1.165) is 5.56 Å². The fraction of sp³-hybridized carbons (Fsp3) is 0.235. The van der Waals surface area contributed by atoms with Crippen LogP contribution >= 0.6 is 23.2 Å². The first-order valence-corrected chi connectivity index (χ1v) is 7.94. The molecule has 120 valence electrons. The van der Waals surface area contributed by atoms with Crippen LogP contribution in [0.4, 0.5) is 0 Å². The van der Waals surface area contributed by atoms with Crippen molar-refractivity contribution < 1.29 is 14.3 Å². The summed E-state index contributed by atoms with van der Waals surface area (Å²) in [6.45, 7) is 2.02. The molecular formula is C17H15Cl2NO3. The van der Waals surface area contributed by atoms with Gasteiger partial charge >= 0.3 is 0 Å². The molecule has 6 heteroatoms. The number of benzene rings is 2. The fourth-order valence-electron chi connectivity index (χ4n) is 2.39. The van der Waals surface area contributed by atoms with Crippen molar-refractivity contribution in [3.8, 4) is 11.5 Å². The summed E-state index contributed by atoms with van der Waals surface area (Å²) >= 11 is 12.1. The molecular weight excluding hydrogens is 337 g/mol. The van der Waals surface area contributed by atoms with E-state index < -0.39 is 6.10 Å². The molecule has 23 heavy (non-hydrogen) atoms. The van der Waals surface area contributed by atoms with E-state index in [2.05, 4.69) is 5.32 Å². The van der Waals surface area contributed by atoms with Gasteiger partial charge in [0, 0.05) is 10.0 Å². The minimum atomic E-state index is -0.696. The van der Waals surface area contributed by atoms with Crippen molar-refractivity contribution in [3.63, 3.8) is 0 Å². The van der Waals surface area contributed by atoms with E-state index >= 15 is 0 Å². The molecule has 3 rings (SSSR count). The third-order valence-corrected chi connectivity index (χ3v) is 4.15. The van der Waals surface area contributed by atoms with Crippen LogP contribution in [0.25, 0.3) is 0 Å². The van der Waals surface area contributed by atoms with Gasteiger partial charge in [0.25, 0.3) is 5.91 Å². The molecule has 1 amide bonds. The minimum Gasteiger partial charge on any atom is -0.485 e. The van der Waals surface area contributed by atoms with Gasteiger partial charge in [0.15, 0.2) is 11.5 Å². The molecule has 0 aliphatic carbocycles. The lowest BCUT2D eigenvalue weighted by Gasteiger charge is -2.27. The summed E-state index contributed by atoms with van der Waals surface area (Å²) < 4.78 is 11.2. The highest BCUT2D eigenvalue weighted by molar-refractivity contribution is 6.35. The maximum absolute atomic E-state index is 12.4. The number of carbonyl (C=O) groups excluding carboxylic acids is 1. The minimum absolute atomic E-state index is 0.171. The lowest BCUT2D eigenvalue weighted by Crippen LogP contribution is -2.44. The number of halogens is 2. The third-order valence-electron chi connectivity index (χ3n) is 3.59. The highest BCUT2D eigenvalue weighted by atomic mass is 35.5. The van der Waals surface area contributed by atoms with Crippen LogP contribution in [0.2, 0.25) is 10.0 Å². The first-order chi connectivity index (χ1) is 11.0. The summed E-state index contributed by atoms with van der Waals surface area (Å²) in [6, 6.07) is 12.2.